The molecular weight excluding hydrogens is 266 g/mol. The van der Waals surface area contributed by atoms with Crippen LogP contribution in [0.5, 0.6) is 0 Å². The monoisotopic (exact) mass is 283 g/mol. The van der Waals surface area contributed by atoms with E-state index in [0.29, 0.717) is 13.0 Å². The van der Waals surface area contributed by atoms with Crippen LogP contribution in [-0.4, -0.2) is 23.3 Å². The predicted molar refractivity (Wildman–Crippen MR) is 80.7 cm³/mol. The Labute approximate surface area is 122 Å². The second kappa shape index (κ2) is 5.16. The number of hydrogen-bond acceptors (Lipinski definition) is 3. The normalized spacial score (nSPS) is 21.9. The molecule has 2 amide bonds. The molecule has 0 bridgehead atoms. The molecule has 1 saturated heterocycles. The van der Waals surface area contributed by atoms with Crippen molar-refractivity contribution in [2.24, 2.45) is 5.41 Å². The van der Waals surface area contributed by atoms with Crippen molar-refractivity contribution < 1.29 is 9.59 Å². The van der Waals surface area contributed by atoms with Gasteiger partial charge in [0.25, 0.3) is 0 Å². The Bertz CT molecular complexity index is 708. The first-order valence-corrected chi connectivity index (χ1v) is 6.99. The molecule has 21 heavy (non-hydrogen) atoms. The van der Waals surface area contributed by atoms with Crippen LogP contribution in [0.1, 0.15) is 19.8 Å². The van der Waals surface area contributed by atoms with Gasteiger partial charge >= 0.3 is 0 Å². The van der Waals surface area contributed by atoms with E-state index in [1.54, 1.807) is 12.4 Å². The standard InChI is InChI=1S/C16H17N3O2/c1-16(6-8-18-14(20)9-16)15(21)19-13-4-2-3-11-10-17-7-5-12(11)13/h2-5,7,10H,6,8-9H2,1H3,(H,18,20)(H,19,21). The zero-order chi connectivity index (χ0) is 14.9. The molecule has 3 rings (SSSR count). The Morgan fingerprint density at radius 2 is 2.24 bits per heavy atom. The highest BCUT2D eigenvalue weighted by atomic mass is 16.2. The summed E-state index contributed by atoms with van der Waals surface area (Å²) in [5, 5.41) is 7.65. The topological polar surface area (TPSA) is 71.1 Å². The van der Waals surface area contributed by atoms with E-state index in [4.69, 9.17) is 0 Å². The third kappa shape index (κ3) is 2.59. The first kappa shape index (κ1) is 13.5. The molecular formula is C16H17N3O2. The molecule has 0 spiro atoms. The van der Waals surface area contributed by atoms with Gasteiger partial charge in [-0.25, -0.2) is 0 Å². The number of nitrogens with zero attached hydrogens (tertiary/aromatic N) is 1. The summed E-state index contributed by atoms with van der Waals surface area (Å²) < 4.78 is 0. The van der Waals surface area contributed by atoms with Gasteiger partial charge in [0.1, 0.15) is 0 Å². The van der Waals surface area contributed by atoms with E-state index in [1.165, 1.54) is 0 Å². The molecule has 108 valence electrons. The summed E-state index contributed by atoms with van der Waals surface area (Å²) in [6.07, 6.45) is 4.34. The molecule has 1 fully saturated rings. The number of benzene rings is 1. The van der Waals surface area contributed by atoms with Gasteiger partial charge in [-0.1, -0.05) is 19.1 Å². The number of carbonyl (C=O) groups is 2. The lowest BCUT2D eigenvalue weighted by Crippen LogP contribution is -2.45. The molecule has 5 heteroatoms. The van der Waals surface area contributed by atoms with Crippen LogP contribution >= 0.6 is 0 Å². The first-order valence-electron chi connectivity index (χ1n) is 6.99. The minimum Gasteiger partial charge on any atom is -0.356 e. The second-order valence-corrected chi connectivity index (χ2v) is 5.69. The smallest absolute Gasteiger partial charge is 0.230 e. The summed E-state index contributed by atoms with van der Waals surface area (Å²) in [5.74, 6) is -0.178. The third-order valence-electron chi connectivity index (χ3n) is 4.03. The summed E-state index contributed by atoms with van der Waals surface area (Å²) in [6.45, 7) is 2.38. The Kier molecular flexibility index (Phi) is 3.33. The molecule has 1 aliphatic rings. The fourth-order valence-corrected chi connectivity index (χ4v) is 2.68. The Balaban J connectivity index is 1.88. The van der Waals surface area contributed by atoms with Gasteiger partial charge in [-0.3, -0.25) is 14.6 Å². The van der Waals surface area contributed by atoms with Gasteiger partial charge in [-0.15, -0.1) is 0 Å². The fraction of sp³-hybridized carbons (Fsp3) is 0.312. The van der Waals surface area contributed by atoms with E-state index in [2.05, 4.69) is 15.6 Å². The number of anilines is 1. The summed E-state index contributed by atoms with van der Waals surface area (Å²) in [5.41, 5.74) is 0.101. The zero-order valence-electron chi connectivity index (χ0n) is 11.8. The van der Waals surface area contributed by atoms with Crippen LogP contribution in [0.4, 0.5) is 5.69 Å². The molecule has 0 saturated carbocycles. The van der Waals surface area contributed by atoms with Gasteiger partial charge < -0.3 is 10.6 Å². The molecule has 1 unspecified atom stereocenters. The lowest BCUT2D eigenvalue weighted by molar-refractivity contribution is -0.134. The SMILES string of the molecule is CC1(C(=O)Nc2cccc3cnccc23)CCNC(=O)C1. The van der Waals surface area contributed by atoms with Crippen LogP contribution in [0.15, 0.2) is 36.7 Å². The summed E-state index contributed by atoms with van der Waals surface area (Å²) >= 11 is 0. The first-order chi connectivity index (χ1) is 10.1. The number of piperidine rings is 1. The molecule has 2 aromatic rings. The van der Waals surface area contributed by atoms with Crippen LogP contribution in [0.25, 0.3) is 10.8 Å². The van der Waals surface area contributed by atoms with E-state index < -0.39 is 5.41 Å². The number of fused-ring (bicyclic) bond motifs is 1. The lowest BCUT2D eigenvalue weighted by atomic mass is 9.79. The van der Waals surface area contributed by atoms with Crippen LogP contribution in [0, 0.1) is 5.41 Å². The number of carbonyl (C=O) groups excluding carboxylic acids is 2. The Hall–Kier alpha value is -2.43. The number of amides is 2. The molecule has 1 aromatic heterocycles. The van der Waals surface area contributed by atoms with Crippen LogP contribution in [0.2, 0.25) is 0 Å². The molecule has 2 heterocycles. The van der Waals surface area contributed by atoms with Crippen molar-refractivity contribution in [3.63, 3.8) is 0 Å². The van der Waals surface area contributed by atoms with Crippen molar-refractivity contribution in [1.29, 1.82) is 0 Å². The lowest BCUT2D eigenvalue weighted by Gasteiger charge is -2.31. The Morgan fingerprint density at radius 1 is 1.38 bits per heavy atom. The van der Waals surface area contributed by atoms with E-state index in [-0.39, 0.29) is 18.2 Å². The van der Waals surface area contributed by atoms with Gasteiger partial charge in [-0.2, -0.15) is 0 Å². The highest BCUT2D eigenvalue weighted by Gasteiger charge is 2.38. The Morgan fingerprint density at radius 3 is 3.05 bits per heavy atom. The minimum absolute atomic E-state index is 0.0685. The quantitative estimate of drug-likeness (QED) is 0.886. The maximum absolute atomic E-state index is 12.6. The summed E-state index contributed by atoms with van der Waals surface area (Å²) in [7, 11) is 0. The molecule has 0 radical (unpaired) electrons. The van der Waals surface area contributed by atoms with Crippen molar-refractivity contribution in [3.8, 4) is 0 Å². The largest absolute Gasteiger partial charge is 0.356 e. The fourth-order valence-electron chi connectivity index (χ4n) is 2.68. The second-order valence-electron chi connectivity index (χ2n) is 5.69. The van der Waals surface area contributed by atoms with Crippen molar-refractivity contribution >= 4 is 28.3 Å². The average molecular weight is 283 g/mol. The highest BCUT2D eigenvalue weighted by Crippen LogP contribution is 2.31. The number of nitrogens with one attached hydrogen (secondary N) is 2. The maximum atomic E-state index is 12.6. The van der Waals surface area contributed by atoms with Crippen molar-refractivity contribution in [2.75, 3.05) is 11.9 Å². The van der Waals surface area contributed by atoms with Crippen molar-refractivity contribution in [1.82, 2.24) is 10.3 Å². The van der Waals surface area contributed by atoms with Crippen LogP contribution in [-0.2, 0) is 9.59 Å². The van der Waals surface area contributed by atoms with E-state index >= 15 is 0 Å². The van der Waals surface area contributed by atoms with Gasteiger partial charge in [0.05, 0.1) is 5.41 Å². The predicted octanol–water partition coefficient (Wildman–Crippen LogP) is 2.09. The molecule has 1 aromatic carbocycles. The molecule has 2 N–H and O–H groups in total. The van der Waals surface area contributed by atoms with E-state index in [0.717, 1.165) is 16.5 Å². The summed E-state index contributed by atoms with van der Waals surface area (Å²) in [6, 6.07) is 7.58. The van der Waals surface area contributed by atoms with E-state index in [9.17, 15) is 9.59 Å². The van der Waals surface area contributed by atoms with Gasteiger partial charge in [0, 0.05) is 41.8 Å². The molecule has 5 nitrogen and oxygen atoms in total. The highest BCUT2D eigenvalue weighted by molar-refractivity contribution is 6.04. The number of rotatable bonds is 2. The van der Waals surface area contributed by atoms with Crippen molar-refractivity contribution in [3.05, 3.63) is 36.7 Å². The minimum atomic E-state index is -0.655. The van der Waals surface area contributed by atoms with Gasteiger partial charge in [0.15, 0.2) is 0 Å². The zero-order valence-corrected chi connectivity index (χ0v) is 11.8. The number of hydrogen-bond donors (Lipinski definition) is 2. The number of pyridine rings is 1. The third-order valence-corrected chi connectivity index (χ3v) is 4.03. The number of aromatic nitrogens is 1. The molecule has 0 aliphatic carbocycles. The molecule has 1 aliphatic heterocycles. The van der Waals surface area contributed by atoms with E-state index in [1.807, 2.05) is 31.2 Å². The average Bonchev–Trinajstić information content (AvgIpc) is 2.47. The van der Waals surface area contributed by atoms with Gasteiger partial charge in [-0.05, 0) is 18.6 Å². The van der Waals surface area contributed by atoms with Crippen LogP contribution in [0.3, 0.4) is 0 Å². The van der Waals surface area contributed by atoms with Gasteiger partial charge in [0.2, 0.25) is 11.8 Å². The summed E-state index contributed by atoms with van der Waals surface area (Å²) in [4.78, 5) is 28.2. The maximum Gasteiger partial charge on any atom is 0.230 e. The van der Waals surface area contributed by atoms with Crippen molar-refractivity contribution in [2.45, 2.75) is 19.8 Å². The molecule has 1 atom stereocenters. The van der Waals surface area contributed by atoms with Crippen LogP contribution < -0.4 is 10.6 Å².